The fourth-order valence-electron chi connectivity index (χ4n) is 2.45. The van der Waals surface area contributed by atoms with Gasteiger partial charge in [0.2, 0.25) is 6.79 Å². The zero-order valence-corrected chi connectivity index (χ0v) is 15.9. The van der Waals surface area contributed by atoms with Crippen molar-refractivity contribution in [2.45, 2.75) is 20.0 Å². The third-order valence-corrected chi connectivity index (χ3v) is 3.90. The summed E-state index contributed by atoms with van der Waals surface area (Å²) < 4.78 is 21.5. The molecular weight excluding hydrogens is 372 g/mol. The van der Waals surface area contributed by atoms with Crippen molar-refractivity contribution >= 4 is 23.7 Å². The topological polar surface area (TPSA) is 78.4 Å². The molecule has 1 heterocycles. The van der Waals surface area contributed by atoms with Gasteiger partial charge < -0.3 is 18.9 Å². The number of carbonyl (C=O) groups is 1. The van der Waals surface area contributed by atoms with Crippen molar-refractivity contribution in [1.82, 2.24) is 5.43 Å². The van der Waals surface area contributed by atoms with Gasteiger partial charge in [-0.25, -0.2) is 5.43 Å². The summed E-state index contributed by atoms with van der Waals surface area (Å²) in [6.45, 7) is 3.96. The van der Waals surface area contributed by atoms with Crippen LogP contribution in [0.2, 0.25) is 5.02 Å². The summed E-state index contributed by atoms with van der Waals surface area (Å²) in [5.74, 6) is 1.72. The predicted octanol–water partition coefficient (Wildman–Crippen LogP) is 3.63. The molecule has 0 unspecified atom stereocenters. The normalized spacial score (nSPS) is 12.5. The summed E-state index contributed by atoms with van der Waals surface area (Å²) in [7, 11) is 1.52. The van der Waals surface area contributed by atoms with E-state index in [0.717, 1.165) is 0 Å². The molecule has 142 valence electrons. The number of fused-ring (bicyclic) bond motifs is 1. The molecular formula is C19H19ClN2O5. The minimum Gasteiger partial charge on any atom is -0.493 e. The lowest BCUT2D eigenvalue weighted by atomic mass is 10.2. The van der Waals surface area contributed by atoms with Crippen LogP contribution in [0, 0.1) is 0 Å². The Bertz CT molecular complexity index is 883. The second-order valence-electron chi connectivity index (χ2n) is 5.97. The average molecular weight is 391 g/mol. The summed E-state index contributed by atoms with van der Waals surface area (Å²) in [6.07, 6.45) is 1.47. The second kappa shape index (κ2) is 8.18. The summed E-state index contributed by atoms with van der Waals surface area (Å²) in [5, 5.41) is 4.38. The number of nitrogens with zero attached hydrogens (tertiary/aromatic N) is 1. The fourth-order valence-corrected chi connectivity index (χ4v) is 2.73. The van der Waals surface area contributed by atoms with Gasteiger partial charge >= 0.3 is 0 Å². The lowest BCUT2D eigenvalue weighted by Gasteiger charge is -2.14. The third kappa shape index (κ3) is 4.43. The van der Waals surface area contributed by atoms with E-state index in [4.69, 9.17) is 30.5 Å². The molecule has 0 fully saturated rings. The van der Waals surface area contributed by atoms with Crippen LogP contribution in [0.25, 0.3) is 0 Å². The van der Waals surface area contributed by atoms with E-state index in [1.807, 2.05) is 13.8 Å². The molecule has 0 radical (unpaired) electrons. The quantitative estimate of drug-likeness (QED) is 0.602. The van der Waals surface area contributed by atoms with Crippen molar-refractivity contribution in [3.05, 3.63) is 46.5 Å². The molecule has 27 heavy (non-hydrogen) atoms. The van der Waals surface area contributed by atoms with Gasteiger partial charge in [-0.1, -0.05) is 11.6 Å². The lowest BCUT2D eigenvalue weighted by molar-refractivity contribution is 0.0954. The van der Waals surface area contributed by atoms with Crippen molar-refractivity contribution in [1.29, 1.82) is 0 Å². The average Bonchev–Trinajstić information content (AvgIpc) is 3.10. The Balaban J connectivity index is 1.69. The fraction of sp³-hybridized carbons (Fsp3) is 0.263. The molecule has 1 aliphatic heterocycles. The second-order valence-corrected chi connectivity index (χ2v) is 6.38. The number of hydrazone groups is 1. The summed E-state index contributed by atoms with van der Waals surface area (Å²) in [4.78, 5) is 12.3. The van der Waals surface area contributed by atoms with Crippen molar-refractivity contribution in [2.24, 2.45) is 5.10 Å². The standard InChI is InChI=1S/C19H19ClN2O5/c1-11(2)27-15-5-4-13(8-16(15)24-3)19(23)22-21-9-12-6-14(20)18-17(7-12)25-10-26-18/h4-9,11H,10H2,1-3H3,(H,22,23)/b21-9-. The number of halogens is 1. The number of carbonyl (C=O) groups excluding carboxylic acids is 1. The summed E-state index contributed by atoms with van der Waals surface area (Å²) in [5.41, 5.74) is 3.53. The largest absolute Gasteiger partial charge is 0.493 e. The molecule has 2 aromatic carbocycles. The smallest absolute Gasteiger partial charge is 0.271 e. The van der Waals surface area contributed by atoms with Crippen LogP contribution in [-0.2, 0) is 0 Å². The van der Waals surface area contributed by atoms with E-state index in [1.165, 1.54) is 13.3 Å². The molecule has 0 spiro atoms. The van der Waals surface area contributed by atoms with E-state index >= 15 is 0 Å². The Labute approximate surface area is 161 Å². The van der Waals surface area contributed by atoms with Gasteiger partial charge in [0.25, 0.3) is 5.91 Å². The first-order chi connectivity index (χ1) is 13.0. The third-order valence-electron chi connectivity index (χ3n) is 3.62. The van der Waals surface area contributed by atoms with Crippen LogP contribution in [0.4, 0.5) is 0 Å². The number of ether oxygens (including phenoxy) is 4. The maximum atomic E-state index is 12.3. The monoisotopic (exact) mass is 390 g/mol. The number of rotatable bonds is 6. The zero-order chi connectivity index (χ0) is 19.4. The maximum Gasteiger partial charge on any atom is 0.271 e. The van der Waals surface area contributed by atoms with Gasteiger partial charge in [-0.2, -0.15) is 5.10 Å². The number of amides is 1. The van der Waals surface area contributed by atoms with Gasteiger partial charge in [-0.05, 0) is 49.7 Å². The molecule has 1 amide bonds. The number of benzene rings is 2. The van der Waals surface area contributed by atoms with Gasteiger partial charge in [-0.15, -0.1) is 0 Å². The predicted molar refractivity (Wildman–Crippen MR) is 101 cm³/mol. The highest BCUT2D eigenvalue weighted by Crippen LogP contribution is 2.39. The Morgan fingerprint density at radius 2 is 2.07 bits per heavy atom. The lowest BCUT2D eigenvalue weighted by Crippen LogP contribution is -2.18. The van der Waals surface area contributed by atoms with Gasteiger partial charge in [0, 0.05) is 5.56 Å². The minimum absolute atomic E-state index is 0.00305. The molecule has 8 heteroatoms. The van der Waals surface area contributed by atoms with E-state index in [1.54, 1.807) is 30.3 Å². The van der Waals surface area contributed by atoms with Crippen LogP contribution in [0.15, 0.2) is 35.4 Å². The van der Waals surface area contributed by atoms with E-state index in [0.29, 0.717) is 39.1 Å². The van der Waals surface area contributed by atoms with Gasteiger partial charge in [-0.3, -0.25) is 4.79 Å². The van der Waals surface area contributed by atoms with Crippen molar-refractivity contribution in [3.8, 4) is 23.0 Å². The van der Waals surface area contributed by atoms with E-state index in [9.17, 15) is 4.79 Å². The van der Waals surface area contributed by atoms with Crippen LogP contribution < -0.4 is 24.4 Å². The molecule has 3 rings (SSSR count). The molecule has 1 aliphatic rings. The van der Waals surface area contributed by atoms with Crippen LogP contribution in [0.1, 0.15) is 29.8 Å². The van der Waals surface area contributed by atoms with E-state index < -0.39 is 0 Å². The summed E-state index contributed by atoms with van der Waals surface area (Å²) in [6, 6.07) is 8.33. The van der Waals surface area contributed by atoms with E-state index in [-0.39, 0.29) is 18.8 Å². The molecule has 0 aromatic heterocycles. The number of hydrogen-bond donors (Lipinski definition) is 1. The Morgan fingerprint density at radius 1 is 1.26 bits per heavy atom. The molecule has 0 atom stereocenters. The van der Waals surface area contributed by atoms with Crippen molar-refractivity contribution in [3.63, 3.8) is 0 Å². The highest BCUT2D eigenvalue weighted by atomic mass is 35.5. The van der Waals surface area contributed by atoms with Crippen molar-refractivity contribution in [2.75, 3.05) is 13.9 Å². The Morgan fingerprint density at radius 3 is 2.81 bits per heavy atom. The first-order valence-electron chi connectivity index (χ1n) is 8.25. The van der Waals surface area contributed by atoms with Crippen LogP contribution >= 0.6 is 11.6 Å². The highest BCUT2D eigenvalue weighted by Gasteiger charge is 2.18. The molecule has 0 saturated carbocycles. The van der Waals surface area contributed by atoms with Gasteiger partial charge in [0.15, 0.2) is 23.0 Å². The number of nitrogens with one attached hydrogen (secondary N) is 1. The molecule has 0 saturated heterocycles. The van der Waals surface area contributed by atoms with Gasteiger partial charge in [0.05, 0.1) is 24.5 Å². The molecule has 2 aromatic rings. The molecule has 1 N–H and O–H groups in total. The molecule has 7 nitrogen and oxygen atoms in total. The summed E-state index contributed by atoms with van der Waals surface area (Å²) >= 11 is 6.12. The SMILES string of the molecule is COc1cc(C(=O)N/N=C\c2cc(Cl)c3c(c2)OCO3)ccc1OC(C)C. The first kappa shape index (κ1) is 18.8. The van der Waals surface area contributed by atoms with Crippen LogP contribution in [-0.4, -0.2) is 32.1 Å². The Kier molecular flexibility index (Phi) is 5.71. The zero-order valence-electron chi connectivity index (χ0n) is 15.1. The number of hydrogen-bond acceptors (Lipinski definition) is 6. The number of methoxy groups -OCH3 is 1. The molecule has 0 bridgehead atoms. The first-order valence-corrected chi connectivity index (χ1v) is 8.63. The van der Waals surface area contributed by atoms with Crippen LogP contribution in [0.3, 0.4) is 0 Å². The minimum atomic E-state index is -0.382. The highest BCUT2D eigenvalue weighted by molar-refractivity contribution is 6.32. The maximum absolute atomic E-state index is 12.3. The molecule has 0 aliphatic carbocycles. The van der Waals surface area contributed by atoms with Crippen LogP contribution in [0.5, 0.6) is 23.0 Å². The Hall–Kier alpha value is -2.93. The van der Waals surface area contributed by atoms with Crippen molar-refractivity contribution < 1.29 is 23.7 Å². The van der Waals surface area contributed by atoms with Gasteiger partial charge in [0.1, 0.15) is 0 Å². The van der Waals surface area contributed by atoms with E-state index in [2.05, 4.69) is 10.5 Å².